The Morgan fingerprint density at radius 2 is 2.40 bits per heavy atom. The van der Waals surface area contributed by atoms with Crippen LogP contribution < -0.4 is 0 Å². The summed E-state index contributed by atoms with van der Waals surface area (Å²) >= 11 is 0. The zero-order valence-electron chi connectivity index (χ0n) is 6.08. The van der Waals surface area contributed by atoms with Crippen LogP contribution in [0.15, 0.2) is 30.0 Å². The van der Waals surface area contributed by atoms with E-state index in [1.807, 2.05) is 13.0 Å². The molecule has 0 amide bonds. The van der Waals surface area contributed by atoms with Crippen LogP contribution in [0.5, 0.6) is 0 Å². The van der Waals surface area contributed by atoms with Crippen LogP contribution in [0.4, 0.5) is 0 Å². The molecule has 0 saturated heterocycles. The van der Waals surface area contributed by atoms with Crippen LogP contribution in [-0.2, 0) is 0 Å². The van der Waals surface area contributed by atoms with E-state index < -0.39 is 0 Å². The molecule has 1 rings (SSSR count). The van der Waals surface area contributed by atoms with Gasteiger partial charge in [-0.15, -0.1) is 6.58 Å². The lowest BCUT2D eigenvalue weighted by molar-refractivity contribution is 0.633. The summed E-state index contributed by atoms with van der Waals surface area (Å²) in [6, 6.07) is -0.129. The molecule has 2 nitrogen and oxygen atoms in total. The molecular weight excluding hydrogens is 126 g/mol. The maximum absolute atomic E-state index is 10.1. The summed E-state index contributed by atoms with van der Waals surface area (Å²) in [6.45, 7) is 9.25. The Bertz CT molecular complexity index is 186. The SMILES string of the molecule is C=CC1C(=C)C1C(C)N=O. The molecule has 0 bridgehead atoms. The minimum absolute atomic E-state index is 0.129. The van der Waals surface area contributed by atoms with Gasteiger partial charge >= 0.3 is 0 Å². The highest BCUT2D eigenvalue weighted by molar-refractivity contribution is 5.33. The summed E-state index contributed by atoms with van der Waals surface area (Å²) in [4.78, 5) is 10.1. The van der Waals surface area contributed by atoms with Gasteiger partial charge < -0.3 is 0 Å². The molecule has 0 aromatic carbocycles. The first-order valence-corrected chi connectivity index (χ1v) is 3.36. The molecular formula is C8H11NO. The Kier molecular flexibility index (Phi) is 1.70. The Morgan fingerprint density at radius 3 is 2.70 bits per heavy atom. The maximum Gasteiger partial charge on any atom is 0.0965 e. The molecule has 1 aliphatic rings. The van der Waals surface area contributed by atoms with Crippen molar-refractivity contribution in [3.8, 4) is 0 Å². The number of allylic oxidation sites excluding steroid dienone is 1. The predicted molar refractivity (Wildman–Crippen MR) is 41.6 cm³/mol. The fraction of sp³-hybridized carbons (Fsp3) is 0.500. The van der Waals surface area contributed by atoms with Crippen molar-refractivity contribution >= 4 is 0 Å². The molecule has 2 heteroatoms. The fourth-order valence-corrected chi connectivity index (χ4v) is 1.34. The summed E-state index contributed by atoms with van der Waals surface area (Å²) in [5.74, 6) is 0.614. The summed E-state index contributed by atoms with van der Waals surface area (Å²) in [5.41, 5.74) is 1.10. The van der Waals surface area contributed by atoms with Crippen LogP contribution in [0.25, 0.3) is 0 Å². The zero-order chi connectivity index (χ0) is 7.72. The maximum atomic E-state index is 10.1. The lowest BCUT2D eigenvalue weighted by atomic mass is 10.2. The third-order valence-electron chi connectivity index (χ3n) is 2.07. The zero-order valence-corrected chi connectivity index (χ0v) is 6.08. The molecule has 0 aliphatic heterocycles. The van der Waals surface area contributed by atoms with Crippen LogP contribution in [0.1, 0.15) is 6.92 Å². The Hall–Kier alpha value is -0.920. The van der Waals surface area contributed by atoms with Crippen molar-refractivity contribution in [2.75, 3.05) is 0 Å². The molecule has 1 fully saturated rings. The van der Waals surface area contributed by atoms with E-state index in [1.54, 1.807) is 0 Å². The normalized spacial score (nSPS) is 33.1. The first kappa shape index (κ1) is 7.19. The number of hydrogen-bond donors (Lipinski definition) is 0. The third-order valence-corrected chi connectivity index (χ3v) is 2.07. The van der Waals surface area contributed by atoms with Gasteiger partial charge in [0.15, 0.2) is 0 Å². The van der Waals surface area contributed by atoms with Crippen molar-refractivity contribution in [3.05, 3.63) is 29.7 Å². The third kappa shape index (κ3) is 0.897. The quantitative estimate of drug-likeness (QED) is 0.432. The van der Waals surface area contributed by atoms with E-state index in [1.165, 1.54) is 0 Å². The fourth-order valence-electron chi connectivity index (χ4n) is 1.34. The number of rotatable bonds is 3. The van der Waals surface area contributed by atoms with Crippen molar-refractivity contribution in [2.24, 2.45) is 17.0 Å². The number of hydrogen-bond acceptors (Lipinski definition) is 2. The van der Waals surface area contributed by atoms with Crippen LogP contribution >= 0.6 is 0 Å². The standard InChI is InChI=1S/C8H11NO/c1-4-7-5(2)8(7)6(3)9-10/h4,6-8H,1-2H2,3H3. The Balaban J connectivity index is 2.55. The van der Waals surface area contributed by atoms with Gasteiger partial charge in [-0.05, 0) is 6.92 Å². The van der Waals surface area contributed by atoms with Gasteiger partial charge in [-0.3, -0.25) is 0 Å². The molecule has 0 aromatic heterocycles. The van der Waals surface area contributed by atoms with Crippen LogP contribution in [0, 0.1) is 16.7 Å². The Labute approximate surface area is 60.6 Å². The van der Waals surface area contributed by atoms with Crippen molar-refractivity contribution in [3.63, 3.8) is 0 Å². The van der Waals surface area contributed by atoms with Crippen molar-refractivity contribution in [1.82, 2.24) is 0 Å². The van der Waals surface area contributed by atoms with Gasteiger partial charge in [0.05, 0.1) is 6.04 Å². The minimum Gasteiger partial charge on any atom is -0.151 e. The molecule has 10 heavy (non-hydrogen) atoms. The molecule has 54 valence electrons. The topological polar surface area (TPSA) is 29.4 Å². The van der Waals surface area contributed by atoms with Crippen LogP contribution in [0.2, 0.25) is 0 Å². The van der Waals surface area contributed by atoms with Gasteiger partial charge in [0.25, 0.3) is 0 Å². The van der Waals surface area contributed by atoms with Crippen molar-refractivity contribution in [1.29, 1.82) is 0 Å². The molecule has 0 aromatic rings. The lowest BCUT2D eigenvalue weighted by Crippen LogP contribution is -2.00. The van der Waals surface area contributed by atoms with Crippen LogP contribution in [-0.4, -0.2) is 6.04 Å². The molecule has 0 heterocycles. The first-order chi connectivity index (χ1) is 4.72. The highest BCUT2D eigenvalue weighted by atomic mass is 16.3. The summed E-state index contributed by atoms with van der Waals surface area (Å²) in [7, 11) is 0. The van der Waals surface area contributed by atoms with E-state index in [-0.39, 0.29) is 12.0 Å². The number of nitrogens with zero attached hydrogens (tertiary/aromatic N) is 1. The van der Waals surface area contributed by atoms with Crippen molar-refractivity contribution < 1.29 is 0 Å². The predicted octanol–water partition coefficient (Wildman–Crippen LogP) is 2.13. The molecule has 1 saturated carbocycles. The van der Waals surface area contributed by atoms with Gasteiger partial charge in [-0.1, -0.05) is 23.4 Å². The van der Waals surface area contributed by atoms with E-state index in [0.717, 1.165) is 5.57 Å². The van der Waals surface area contributed by atoms with Crippen LogP contribution in [0.3, 0.4) is 0 Å². The van der Waals surface area contributed by atoms with Gasteiger partial charge in [-0.25, -0.2) is 0 Å². The van der Waals surface area contributed by atoms with E-state index in [9.17, 15) is 4.91 Å². The molecule has 0 N–H and O–H groups in total. The van der Waals surface area contributed by atoms with Crippen molar-refractivity contribution in [2.45, 2.75) is 13.0 Å². The van der Waals surface area contributed by atoms with Gasteiger partial charge in [0.2, 0.25) is 0 Å². The molecule has 3 unspecified atom stereocenters. The second kappa shape index (κ2) is 2.37. The average Bonchev–Trinajstić information content (AvgIpc) is 2.59. The van der Waals surface area contributed by atoms with Gasteiger partial charge in [0.1, 0.15) is 0 Å². The van der Waals surface area contributed by atoms with Gasteiger partial charge in [-0.2, -0.15) is 4.91 Å². The molecule has 3 atom stereocenters. The minimum atomic E-state index is -0.129. The summed E-state index contributed by atoms with van der Waals surface area (Å²) < 4.78 is 0. The molecule has 0 spiro atoms. The average molecular weight is 137 g/mol. The largest absolute Gasteiger partial charge is 0.151 e. The van der Waals surface area contributed by atoms with E-state index in [2.05, 4.69) is 18.3 Å². The summed E-state index contributed by atoms with van der Waals surface area (Å²) in [6.07, 6.45) is 1.83. The van der Waals surface area contributed by atoms with E-state index in [4.69, 9.17) is 0 Å². The first-order valence-electron chi connectivity index (χ1n) is 3.36. The van der Waals surface area contributed by atoms with Gasteiger partial charge in [0, 0.05) is 11.8 Å². The molecule has 0 radical (unpaired) electrons. The molecule has 1 aliphatic carbocycles. The second-order valence-corrected chi connectivity index (χ2v) is 2.71. The summed E-state index contributed by atoms with van der Waals surface area (Å²) in [5, 5.41) is 2.94. The number of nitroso groups, excluding NO2 is 1. The van der Waals surface area contributed by atoms with E-state index >= 15 is 0 Å². The lowest BCUT2D eigenvalue weighted by Gasteiger charge is -1.94. The smallest absolute Gasteiger partial charge is 0.0965 e. The van der Waals surface area contributed by atoms with E-state index in [0.29, 0.717) is 5.92 Å². The Morgan fingerprint density at radius 1 is 1.80 bits per heavy atom. The monoisotopic (exact) mass is 137 g/mol. The highest BCUT2D eigenvalue weighted by Crippen LogP contribution is 2.48. The highest BCUT2D eigenvalue weighted by Gasteiger charge is 2.44. The second-order valence-electron chi connectivity index (χ2n) is 2.71.